The summed E-state index contributed by atoms with van der Waals surface area (Å²) in [5, 5.41) is 11.3. The van der Waals surface area contributed by atoms with Crippen LogP contribution in [-0.2, 0) is 6.61 Å². The summed E-state index contributed by atoms with van der Waals surface area (Å²) in [4.78, 5) is 5.29. The highest BCUT2D eigenvalue weighted by Crippen LogP contribution is 2.28. The number of aromatic nitrogens is 2. The van der Waals surface area contributed by atoms with Crippen LogP contribution in [-0.4, -0.2) is 20.6 Å². The van der Waals surface area contributed by atoms with E-state index in [9.17, 15) is 5.11 Å². The third kappa shape index (κ3) is 1.60. The summed E-state index contributed by atoms with van der Waals surface area (Å²) in [5.41, 5.74) is 0.767. The Labute approximate surface area is 97.5 Å². The molecule has 0 unspecified atom stereocenters. The predicted molar refractivity (Wildman–Crippen MR) is 61.9 cm³/mol. The fourth-order valence-corrected chi connectivity index (χ4v) is 2.94. The van der Waals surface area contributed by atoms with Crippen molar-refractivity contribution in [2.24, 2.45) is 0 Å². The van der Waals surface area contributed by atoms with Crippen LogP contribution in [0.5, 0.6) is 5.88 Å². The second-order valence-electron chi connectivity index (χ2n) is 4.10. The van der Waals surface area contributed by atoms with Gasteiger partial charge in [0.1, 0.15) is 11.8 Å². The van der Waals surface area contributed by atoms with Crippen molar-refractivity contribution in [3.05, 3.63) is 17.3 Å². The van der Waals surface area contributed by atoms with Gasteiger partial charge in [0.05, 0.1) is 6.61 Å². The van der Waals surface area contributed by atoms with Crippen LogP contribution in [0.2, 0.25) is 0 Å². The number of nitrogens with zero attached hydrogens (tertiary/aromatic N) is 2. The Morgan fingerprint density at radius 2 is 2.31 bits per heavy atom. The van der Waals surface area contributed by atoms with E-state index in [1.165, 1.54) is 12.8 Å². The van der Waals surface area contributed by atoms with Gasteiger partial charge in [0.15, 0.2) is 4.96 Å². The van der Waals surface area contributed by atoms with E-state index in [1.54, 1.807) is 11.3 Å². The second kappa shape index (κ2) is 4.07. The highest BCUT2D eigenvalue weighted by molar-refractivity contribution is 7.15. The molecule has 0 bridgehead atoms. The molecule has 0 atom stereocenters. The number of hydrogen-bond acceptors (Lipinski definition) is 4. The van der Waals surface area contributed by atoms with Crippen molar-refractivity contribution in [1.82, 2.24) is 9.38 Å². The summed E-state index contributed by atoms with van der Waals surface area (Å²) in [5.74, 6) is 0.612. The molecule has 2 aromatic heterocycles. The Hall–Kier alpha value is -1.07. The maximum atomic E-state index is 9.36. The molecule has 5 heteroatoms. The van der Waals surface area contributed by atoms with E-state index in [0.29, 0.717) is 5.88 Å². The summed E-state index contributed by atoms with van der Waals surface area (Å²) in [6.45, 7) is -0.0278. The number of rotatable bonds is 3. The molecule has 1 saturated carbocycles. The van der Waals surface area contributed by atoms with Crippen molar-refractivity contribution >= 4 is 16.3 Å². The summed E-state index contributed by atoms with van der Waals surface area (Å²) in [6.07, 6.45) is 6.89. The average Bonchev–Trinajstić information content (AvgIpc) is 2.93. The van der Waals surface area contributed by atoms with Gasteiger partial charge < -0.3 is 9.84 Å². The van der Waals surface area contributed by atoms with Gasteiger partial charge in [0.25, 0.3) is 0 Å². The summed E-state index contributed by atoms with van der Waals surface area (Å²) in [7, 11) is 0. The minimum Gasteiger partial charge on any atom is -0.473 e. The number of hydrogen-bond donors (Lipinski definition) is 1. The molecule has 1 aliphatic rings. The predicted octanol–water partition coefficient (Wildman–Crippen LogP) is 2.21. The van der Waals surface area contributed by atoms with Crippen molar-refractivity contribution in [1.29, 1.82) is 0 Å². The molecule has 0 aliphatic heterocycles. The third-order valence-electron chi connectivity index (χ3n) is 3.05. The van der Waals surface area contributed by atoms with Crippen LogP contribution >= 0.6 is 11.3 Å². The summed E-state index contributed by atoms with van der Waals surface area (Å²) < 4.78 is 7.75. The number of imidazole rings is 1. The highest BCUT2D eigenvalue weighted by Gasteiger charge is 2.21. The Bertz CT molecular complexity index is 485. The van der Waals surface area contributed by atoms with Crippen LogP contribution in [0, 0.1) is 0 Å². The van der Waals surface area contributed by atoms with Gasteiger partial charge in [-0.15, -0.1) is 11.3 Å². The van der Waals surface area contributed by atoms with Gasteiger partial charge in [-0.1, -0.05) is 0 Å². The molecule has 0 spiro atoms. The van der Waals surface area contributed by atoms with Gasteiger partial charge in [-0.05, 0) is 25.7 Å². The molecule has 0 saturated heterocycles. The molecule has 1 fully saturated rings. The Balaban J connectivity index is 1.92. The first-order chi connectivity index (χ1) is 7.88. The minimum absolute atomic E-state index is 0.0278. The smallest absolute Gasteiger partial charge is 0.239 e. The van der Waals surface area contributed by atoms with Crippen LogP contribution in [0.15, 0.2) is 11.6 Å². The Kier molecular flexibility index (Phi) is 2.57. The number of fused-ring (bicyclic) bond motifs is 1. The number of ether oxygens (including phenoxy) is 1. The largest absolute Gasteiger partial charge is 0.473 e. The van der Waals surface area contributed by atoms with Crippen molar-refractivity contribution in [3.8, 4) is 5.88 Å². The van der Waals surface area contributed by atoms with Crippen LogP contribution in [0.3, 0.4) is 0 Å². The van der Waals surface area contributed by atoms with E-state index in [0.717, 1.165) is 23.5 Å². The van der Waals surface area contributed by atoms with E-state index in [1.807, 2.05) is 16.0 Å². The van der Waals surface area contributed by atoms with E-state index in [-0.39, 0.29) is 12.7 Å². The zero-order valence-corrected chi connectivity index (χ0v) is 9.74. The summed E-state index contributed by atoms with van der Waals surface area (Å²) in [6, 6.07) is 0. The molecule has 16 heavy (non-hydrogen) atoms. The molecule has 1 N–H and O–H groups in total. The first kappa shape index (κ1) is 10.1. The van der Waals surface area contributed by atoms with Crippen LogP contribution in [0.1, 0.15) is 31.4 Å². The molecule has 2 aromatic rings. The molecule has 1 aliphatic carbocycles. The molecule has 0 amide bonds. The van der Waals surface area contributed by atoms with Crippen LogP contribution in [0.25, 0.3) is 4.96 Å². The van der Waals surface area contributed by atoms with Gasteiger partial charge in [-0.2, -0.15) is 4.98 Å². The first-order valence-corrected chi connectivity index (χ1v) is 6.48. The van der Waals surface area contributed by atoms with Gasteiger partial charge in [0, 0.05) is 11.6 Å². The Morgan fingerprint density at radius 3 is 3.06 bits per heavy atom. The number of thiazole rings is 1. The topological polar surface area (TPSA) is 46.8 Å². The fraction of sp³-hybridized carbons (Fsp3) is 0.545. The van der Waals surface area contributed by atoms with Gasteiger partial charge in [0.2, 0.25) is 5.88 Å². The zero-order chi connectivity index (χ0) is 11.0. The monoisotopic (exact) mass is 238 g/mol. The standard InChI is InChI=1S/C11H14N2O2S/c14-7-9-10(15-8-3-1-2-4-8)12-11-13(9)5-6-16-11/h5-6,8,14H,1-4,7H2. The fourth-order valence-electron chi connectivity index (χ4n) is 2.22. The molecular formula is C11H14N2O2S. The maximum absolute atomic E-state index is 9.36. The van der Waals surface area contributed by atoms with E-state index >= 15 is 0 Å². The lowest BCUT2D eigenvalue weighted by atomic mass is 10.3. The van der Waals surface area contributed by atoms with Gasteiger partial charge in [-0.25, -0.2) is 0 Å². The molecule has 2 heterocycles. The van der Waals surface area contributed by atoms with Gasteiger partial charge in [-0.3, -0.25) is 4.40 Å². The Morgan fingerprint density at radius 1 is 1.50 bits per heavy atom. The lowest BCUT2D eigenvalue weighted by Gasteiger charge is -2.11. The van der Waals surface area contributed by atoms with Crippen molar-refractivity contribution in [2.45, 2.75) is 38.4 Å². The maximum Gasteiger partial charge on any atom is 0.239 e. The zero-order valence-electron chi connectivity index (χ0n) is 8.93. The molecular weight excluding hydrogens is 224 g/mol. The van der Waals surface area contributed by atoms with Crippen LogP contribution < -0.4 is 4.74 Å². The number of aliphatic hydroxyl groups is 1. The van der Waals surface area contributed by atoms with Crippen LogP contribution in [0.4, 0.5) is 0 Å². The molecule has 0 radical (unpaired) electrons. The quantitative estimate of drug-likeness (QED) is 0.891. The molecule has 0 aromatic carbocycles. The SMILES string of the molecule is OCc1c(OC2CCCC2)nc2sccn12. The van der Waals surface area contributed by atoms with E-state index in [2.05, 4.69) is 4.98 Å². The lowest BCUT2D eigenvalue weighted by Crippen LogP contribution is -2.12. The van der Waals surface area contributed by atoms with E-state index < -0.39 is 0 Å². The van der Waals surface area contributed by atoms with E-state index in [4.69, 9.17) is 4.74 Å². The molecule has 3 rings (SSSR count). The highest BCUT2D eigenvalue weighted by atomic mass is 32.1. The normalized spacial score (nSPS) is 17.3. The van der Waals surface area contributed by atoms with Crippen molar-refractivity contribution in [3.63, 3.8) is 0 Å². The first-order valence-electron chi connectivity index (χ1n) is 5.60. The molecule has 86 valence electrons. The van der Waals surface area contributed by atoms with Crippen molar-refractivity contribution < 1.29 is 9.84 Å². The minimum atomic E-state index is -0.0278. The van der Waals surface area contributed by atoms with Gasteiger partial charge >= 0.3 is 0 Å². The molecule has 4 nitrogen and oxygen atoms in total. The third-order valence-corrected chi connectivity index (χ3v) is 3.81. The summed E-state index contributed by atoms with van der Waals surface area (Å²) >= 11 is 1.56. The average molecular weight is 238 g/mol. The van der Waals surface area contributed by atoms with Crippen molar-refractivity contribution in [2.75, 3.05) is 0 Å². The lowest BCUT2D eigenvalue weighted by molar-refractivity contribution is 0.191. The number of aliphatic hydroxyl groups excluding tert-OH is 1. The second-order valence-corrected chi connectivity index (χ2v) is 4.97.